The molecule has 23 heavy (non-hydrogen) atoms. The molecule has 7 heteroatoms. The summed E-state index contributed by atoms with van der Waals surface area (Å²) >= 11 is 3.30. The summed E-state index contributed by atoms with van der Waals surface area (Å²) in [7, 11) is 0. The predicted molar refractivity (Wildman–Crippen MR) is 92.1 cm³/mol. The van der Waals surface area contributed by atoms with Crippen molar-refractivity contribution in [3.05, 3.63) is 58.3 Å². The number of nitrogens with zero attached hydrogens (tertiary/aromatic N) is 1. The number of hydrogen-bond acceptors (Lipinski definition) is 3. The van der Waals surface area contributed by atoms with Crippen molar-refractivity contribution >= 4 is 27.6 Å². The minimum absolute atomic E-state index is 0.0635. The van der Waals surface area contributed by atoms with Gasteiger partial charge in [-0.2, -0.15) is 0 Å². The van der Waals surface area contributed by atoms with E-state index in [-0.39, 0.29) is 24.7 Å². The SMILES string of the molecule is OCCNC(=NCc1cc(Br)ccc1F)Nc1cccc(O)c1. The molecule has 2 rings (SSSR count). The first-order valence-corrected chi connectivity index (χ1v) is 7.77. The number of phenols is 1. The Morgan fingerprint density at radius 2 is 2.04 bits per heavy atom. The van der Waals surface area contributed by atoms with Gasteiger partial charge in [0, 0.05) is 28.3 Å². The number of hydrogen-bond donors (Lipinski definition) is 4. The number of benzene rings is 2. The molecule has 0 fully saturated rings. The molecule has 0 aliphatic heterocycles. The van der Waals surface area contributed by atoms with E-state index < -0.39 is 0 Å². The maximum Gasteiger partial charge on any atom is 0.196 e. The van der Waals surface area contributed by atoms with E-state index in [0.29, 0.717) is 23.8 Å². The second kappa shape index (κ2) is 8.50. The van der Waals surface area contributed by atoms with Gasteiger partial charge in [-0.15, -0.1) is 0 Å². The van der Waals surface area contributed by atoms with Gasteiger partial charge in [-0.05, 0) is 30.3 Å². The summed E-state index contributed by atoms with van der Waals surface area (Å²) in [6, 6.07) is 11.2. The van der Waals surface area contributed by atoms with Gasteiger partial charge in [0.25, 0.3) is 0 Å². The van der Waals surface area contributed by atoms with Gasteiger partial charge in [-0.3, -0.25) is 0 Å². The van der Waals surface area contributed by atoms with Crippen LogP contribution >= 0.6 is 15.9 Å². The van der Waals surface area contributed by atoms with Gasteiger partial charge in [-0.25, -0.2) is 9.38 Å². The summed E-state index contributed by atoms with van der Waals surface area (Å²) in [6.45, 7) is 0.364. The van der Waals surface area contributed by atoms with E-state index in [1.165, 1.54) is 12.1 Å². The lowest BCUT2D eigenvalue weighted by molar-refractivity contribution is 0.300. The topological polar surface area (TPSA) is 76.9 Å². The fraction of sp³-hybridized carbons (Fsp3) is 0.188. The number of anilines is 1. The number of guanidine groups is 1. The van der Waals surface area contributed by atoms with Crippen LogP contribution in [-0.4, -0.2) is 29.3 Å². The third kappa shape index (κ3) is 5.54. The average Bonchev–Trinajstić information content (AvgIpc) is 2.53. The Balaban J connectivity index is 2.14. The van der Waals surface area contributed by atoms with E-state index >= 15 is 0 Å². The van der Waals surface area contributed by atoms with Crippen molar-refractivity contribution in [2.45, 2.75) is 6.54 Å². The Bertz CT molecular complexity index is 695. The van der Waals surface area contributed by atoms with Crippen LogP contribution in [0.2, 0.25) is 0 Å². The number of aliphatic hydroxyl groups excluding tert-OH is 1. The Morgan fingerprint density at radius 3 is 2.78 bits per heavy atom. The number of aliphatic imine (C=N–C) groups is 1. The minimum atomic E-state index is -0.337. The average molecular weight is 382 g/mol. The van der Waals surface area contributed by atoms with Crippen LogP contribution in [0.15, 0.2) is 51.9 Å². The normalized spacial score (nSPS) is 11.3. The van der Waals surface area contributed by atoms with Crippen LogP contribution < -0.4 is 10.6 Å². The van der Waals surface area contributed by atoms with E-state index in [0.717, 1.165) is 4.47 Å². The van der Waals surface area contributed by atoms with Crippen LogP contribution in [0.4, 0.5) is 10.1 Å². The third-order valence-electron chi connectivity index (χ3n) is 2.93. The van der Waals surface area contributed by atoms with E-state index in [2.05, 4.69) is 31.6 Å². The third-order valence-corrected chi connectivity index (χ3v) is 3.42. The van der Waals surface area contributed by atoms with E-state index in [4.69, 9.17) is 5.11 Å². The summed E-state index contributed by atoms with van der Waals surface area (Å²) in [5, 5.41) is 24.3. The van der Waals surface area contributed by atoms with E-state index in [1.807, 2.05) is 0 Å². The number of aliphatic hydroxyl groups is 1. The molecule has 122 valence electrons. The van der Waals surface area contributed by atoms with Crippen molar-refractivity contribution in [2.24, 2.45) is 4.99 Å². The second-order valence-electron chi connectivity index (χ2n) is 4.73. The van der Waals surface area contributed by atoms with E-state index in [9.17, 15) is 9.50 Å². The van der Waals surface area contributed by atoms with Crippen LogP contribution in [0.5, 0.6) is 5.75 Å². The molecule has 2 aromatic carbocycles. The fourth-order valence-electron chi connectivity index (χ4n) is 1.86. The molecule has 2 aromatic rings. The zero-order valence-corrected chi connectivity index (χ0v) is 13.8. The van der Waals surface area contributed by atoms with Crippen LogP contribution in [0, 0.1) is 5.82 Å². The van der Waals surface area contributed by atoms with Crippen molar-refractivity contribution in [1.82, 2.24) is 5.32 Å². The largest absolute Gasteiger partial charge is 0.508 e. The summed E-state index contributed by atoms with van der Waals surface area (Å²) in [5.74, 6) is 0.161. The molecule has 0 radical (unpaired) electrons. The second-order valence-corrected chi connectivity index (χ2v) is 5.64. The minimum Gasteiger partial charge on any atom is -0.508 e. The van der Waals surface area contributed by atoms with Crippen LogP contribution in [0.3, 0.4) is 0 Å². The van der Waals surface area contributed by atoms with E-state index in [1.54, 1.807) is 30.3 Å². The highest BCUT2D eigenvalue weighted by Crippen LogP contribution is 2.17. The van der Waals surface area contributed by atoms with Gasteiger partial charge in [0.2, 0.25) is 0 Å². The van der Waals surface area contributed by atoms with Gasteiger partial charge in [-0.1, -0.05) is 22.0 Å². The van der Waals surface area contributed by atoms with Crippen molar-refractivity contribution in [3.8, 4) is 5.75 Å². The maximum atomic E-state index is 13.7. The molecule has 0 aliphatic carbocycles. The molecule has 0 atom stereocenters. The Hall–Kier alpha value is -2.12. The lowest BCUT2D eigenvalue weighted by atomic mass is 10.2. The molecule has 0 heterocycles. The number of phenolic OH excluding ortho intramolecular Hbond substituents is 1. The van der Waals surface area contributed by atoms with Gasteiger partial charge < -0.3 is 20.8 Å². The molecule has 0 bridgehead atoms. The zero-order valence-electron chi connectivity index (χ0n) is 12.3. The van der Waals surface area contributed by atoms with Crippen molar-refractivity contribution in [3.63, 3.8) is 0 Å². The molecule has 0 unspecified atom stereocenters. The first-order chi connectivity index (χ1) is 11.1. The number of rotatable bonds is 5. The standard InChI is InChI=1S/C16H17BrFN3O2/c17-12-4-5-15(18)11(8-12)10-20-16(19-6-7-22)21-13-2-1-3-14(23)9-13/h1-5,8-9,22-23H,6-7,10H2,(H2,19,20,21). The highest BCUT2D eigenvalue weighted by molar-refractivity contribution is 9.10. The fourth-order valence-corrected chi connectivity index (χ4v) is 2.27. The summed E-state index contributed by atoms with van der Waals surface area (Å²) in [5.41, 5.74) is 1.07. The predicted octanol–water partition coefficient (Wildman–Crippen LogP) is 2.84. The van der Waals surface area contributed by atoms with Crippen molar-refractivity contribution < 1.29 is 14.6 Å². The first-order valence-electron chi connectivity index (χ1n) is 6.97. The lowest BCUT2D eigenvalue weighted by Crippen LogP contribution is -2.33. The quantitative estimate of drug-likeness (QED) is 0.474. The maximum absolute atomic E-state index is 13.7. The summed E-state index contributed by atoms with van der Waals surface area (Å²) in [4.78, 5) is 4.30. The summed E-state index contributed by atoms with van der Waals surface area (Å²) in [6.07, 6.45) is 0. The molecular formula is C16H17BrFN3O2. The van der Waals surface area contributed by atoms with Crippen LogP contribution in [0.25, 0.3) is 0 Å². The first kappa shape index (κ1) is 17.2. The Morgan fingerprint density at radius 1 is 1.22 bits per heavy atom. The van der Waals surface area contributed by atoms with Crippen LogP contribution in [-0.2, 0) is 6.54 Å². The van der Waals surface area contributed by atoms with Gasteiger partial charge in [0.1, 0.15) is 11.6 Å². The highest BCUT2D eigenvalue weighted by atomic mass is 79.9. The smallest absolute Gasteiger partial charge is 0.196 e. The van der Waals surface area contributed by atoms with Gasteiger partial charge >= 0.3 is 0 Å². The molecule has 0 saturated carbocycles. The number of halogens is 2. The summed E-state index contributed by atoms with van der Waals surface area (Å²) < 4.78 is 14.5. The van der Waals surface area contributed by atoms with Gasteiger partial charge in [0.05, 0.1) is 13.2 Å². The number of nitrogens with one attached hydrogen (secondary N) is 2. The van der Waals surface area contributed by atoms with Crippen molar-refractivity contribution in [1.29, 1.82) is 0 Å². The molecule has 0 spiro atoms. The zero-order chi connectivity index (χ0) is 16.7. The van der Waals surface area contributed by atoms with Crippen LogP contribution in [0.1, 0.15) is 5.56 Å². The lowest BCUT2D eigenvalue weighted by Gasteiger charge is -2.12. The molecule has 4 N–H and O–H groups in total. The highest BCUT2D eigenvalue weighted by Gasteiger charge is 2.04. The molecular weight excluding hydrogens is 365 g/mol. The molecule has 0 amide bonds. The molecule has 0 saturated heterocycles. The molecule has 5 nitrogen and oxygen atoms in total. The Labute approximate surface area is 142 Å². The monoisotopic (exact) mass is 381 g/mol. The number of aromatic hydroxyl groups is 1. The molecule has 0 aromatic heterocycles. The molecule has 0 aliphatic rings. The van der Waals surface area contributed by atoms with Crippen molar-refractivity contribution in [2.75, 3.05) is 18.5 Å². The Kier molecular flexibility index (Phi) is 6.37. The van der Waals surface area contributed by atoms with Gasteiger partial charge in [0.15, 0.2) is 5.96 Å².